The summed E-state index contributed by atoms with van der Waals surface area (Å²) in [7, 11) is 0. The van der Waals surface area contributed by atoms with Gasteiger partial charge in [0.25, 0.3) is 0 Å². The van der Waals surface area contributed by atoms with Crippen LogP contribution >= 0.6 is 0 Å². The van der Waals surface area contributed by atoms with Crippen LogP contribution in [0.4, 0.5) is 0 Å². The molecule has 22 heavy (non-hydrogen) atoms. The van der Waals surface area contributed by atoms with Crippen molar-refractivity contribution < 1.29 is 14.7 Å². The Labute approximate surface area is 131 Å². The van der Waals surface area contributed by atoms with Crippen molar-refractivity contribution in [3.05, 3.63) is 35.4 Å². The Balaban J connectivity index is 1.86. The second-order valence-corrected chi connectivity index (χ2v) is 6.24. The first-order valence-corrected chi connectivity index (χ1v) is 8.14. The number of amides is 1. The third kappa shape index (κ3) is 4.86. The van der Waals surface area contributed by atoms with Crippen molar-refractivity contribution in [2.75, 3.05) is 0 Å². The lowest BCUT2D eigenvalue weighted by atomic mass is 9.94. The van der Waals surface area contributed by atoms with Crippen LogP contribution in [0, 0.1) is 12.8 Å². The van der Waals surface area contributed by atoms with Crippen molar-refractivity contribution in [3.8, 4) is 0 Å². The zero-order valence-corrected chi connectivity index (χ0v) is 13.2. The first kappa shape index (κ1) is 16.5. The number of carboxylic acids is 1. The van der Waals surface area contributed by atoms with Crippen LogP contribution in [-0.2, 0) is 16.0 Å². The number of rotatable bonds is 5. The van der Waals surface area contributed by atoms with E-state index in [-0.39, 0.29) is 11.9 Å². The lowest BCUT2D eigenvalue weighted by Gasteiger charge is -2.22. The number of hydrogen-bond donors (Lipinski definition) is 2. The van der Waals surface area contributed by atoms with Gasteiger partial charge in [-0.1, -0.05) is 49.1 Å². The van der Waals surface area contributed by atoms with Crippen molar-refractivity contribution in [3.63, 3.8) is 0 Å². The summed E-state index contributed by atoms with van der Waals surface area (Å²) in [6, 6.07) is 7.94. The maximum absolute atomic E-state index is 12.1. The van der Waals surface area contributed by atoms with E-state index in [1.54, 1.807) is 0 Å². The van der Waals surface area contributed by atoms with Crippen LogP contribution in [0.15, 0.2) is 24.3 Å². The lowest BCUT2D eigenvalue weighted by Crippen LogP contribution is -2.42. The van der Waals surface area contributed by atoms with Crippen LogP contribution in [0.3, 0.4) is 0 Å². The molecule has 0 aliphatic heterocycles. The molecule has 0 unspecified atom stereocenters. The molecule has 1 fully saturated rings. The van der Waals surface area contributed by atoms with Gasteiger partial charge in [-0.05, 0) is 31.7 Å². The normalized spacial score (nSPS) is 21.9. The highest BCUT2D eigenvalue weighted by atomic mass is 16.4. The fourth-order valence-corrected chi connectivity index (χ4v) is 3.07. The maximum atomic E-state index is 12.1. The van der Waals surface area contributed by atoms with E-state index in [1.165, 1.54) is 5.56 Å². The van der Waals surface area contributed by atoms with Crippen molar-refractivity contribution in [2.45, 2.75) is 57.9 Å². The minimum absolute atomic E-state index is 0.0428. The van der Waals surface area contributed by atoms with Crippen LogP contribution in [0.5, 0.6) is 0 Å². The maximum Gasteiger partial charge on any atom is 0.308 e. The van der Waals surface area contributed by atoms with E-state index in [1.807, 2.05) is 31.2 Å². The van der Waals surface area contributed by atoms with Crippen LogP contribution in [0.25, 0.3) is 0 Å². The van der Waals surface area contributed by atoms with Crippen LogP contribution in [-0.4, -0.2) is 23.0 Å². The molecule has 0 heterocycles. The van der Waals surface area contributed by atoms with E-state index >= 15 is 0 Å². The summed E-state index contributed by atoms with van der Waals surface area (Å²) in [5, 5.41) is 12.3. The fourth-order valence-electron chi connectivity index (χ4n) is 3.07. The minimum atomic E-state index is -0.786. The van der Waals surface area contributed by atoms with Crippen LogP contribution < -0.4 is 5.32 Å². The molecule has 2 rings (SSSR count). The summed E-state index contributed by atoms with van der Waals surface area (Å²) in [5.41, 5.74) is 2.34. The number of hydrogen-bond acceptors (Lipinski definition) is 2. The Morgan fingerprint density at radius 1 is 1.14 bits per heavy atom. The summed E-state index contributed by atoms with van der Waals surface area (Å²) >= 11 is 0. The molecule has 0 aromatic heterocycles. The molecule has 120 valence electrons. The van der Waals surface area contributed by atoms with Gasteiger partial charge in [0.05, 0.1) is 5.92 Å². The Bertz CT molecular complexity index is 510. The Hall–Kier alpha value is -1.84. The van der Waals surface area contributed by atoms with Gasteiger partial charge in [-0.2, -0.15) is 0 Å². The number of carboxylic acid groups (broad SMARTS) is 1. The summed E-state index contributed by atoms with van der Waals surface area (Å²) in [5.74, 6) is -1.27. The first-order chi connectivity index (χ1) is 10.6. The monoisotopic (exact) mass is 303 g/mol. The van der Waals surface area contributed by atoms with E-state index < -0.39 is 11.9 Å². The summed E-state index contributed by atoms with van der Waals surface area (Å²) in [6.45, 7) is 2.04. The Morgan fingerprint density at radius 2 is 1.82 bits per heavy atom. The second-order valence-electron chi connectivity index (χ2n) is 6.24. The average Bonchev–Trinajstić information content (AvgIpc) is 2.72. The molecule has 0 bridgehead atoms. The predicted molar refractivity (Wildman–Crippen MR) is 85.6 cm³/mol. The van der Waals surface area contributed by atoms with Gasteiger partial charge in [-0.3, -0.25) is 9.59 Å². The number of benzene rings is 1. The standard InChI is InChI=1S/C18H25NO3/c1-13-7-9-14(10-8-13)11-12-17(20)19-16-6-4-2-3-5-15(16)18(21)22/h7-10,15-16H,2-6,11-12H2,1H3,(H,19,20)(H,21,22)/t15-,16+/m1/s1. The van der Waals surface area contributed by atoms with E-state index in [4.69, 9.17) is 0 Å². The average molecular weight is 303 g/mol. The Kier molecular flexibility index (Phi) is 5.99. The molecule has 2 atom stereocenters. The smallest absolute Gasteiger partial charge is 0.308 e. The van der Waals surface area contributed by atoms with Crippen LogP contribution in [0.2, 0.25) is 0 Å². The second kappa shape index (κ2) is 7.97. The molecule has 0 radical (unpaired) electrons. The third-order valence-corrected chi connectivity index (χ3v) is 4.44. The number of carbonyl (C=O) groups excluding carboxylic acids is 1. The highest BCUT2D eigenvalue weighted by Gasteiger charge is 2.30. The summed E-state index contributed by atoms with van der Waals surface area (Å²) in [6.07, 6.45) is 5.52. The van der Waals surface area contributed by atoms with E-state index in [0.717, 1.165) is 31.2 Å². The third-order valence-electron chi connectivity index (χ3n) is 4.44. The lowest BCUT2D eigenvalue weighted by molar-refractivity contribution is -0.143. The molecule has 4 nitrogen and oxygen atoms in total. The molecular formula is C18H25NO3. The van der Waals surface area contributed by atoms with Gasteiger partial charge in [0.1, 0.15) is 0 Å². The van der Waals surface area contributed by atoms with E-state index in [2.05, 4.69) is 5.32 Å². The molecule has 1 amide bonds. The number of nitrogens with one attached hydrogen (secondary N) is 1. The quantitative estimate of drug-likeness (QED) is 0.822. The number of aryl methyl sites for hydroxylation is 2. The molecular weight excluding hydrogens is 278 g/mol. The molecule has 1 saturated carbocycles. The number of aliphatic carboxylic acids is 1. The van der Waals surface area contributed by atoms with Gasteiger partial charge >= 0.3 is 5.97 Å². The molecule has 2 N–H and O–H groups in total. The van der Waals surface area contributed by atoms with Crippen molar-refractivity contribution >= 4 is 11.9 Å². The van der Waals surface area contributed by atoms with Crippen LogP contribution in [0.1, 0.15) is 49.7 Å². The van der Waals surface area contributed by atoms with Crippen molar-refractivity contribution in [1.29, 1.82) is 0 Å². The Morgan fingerprint density at radius 3 is 2.50 bits per heavy atom. The van der Waals surface area contributed by atoms with Gasteiger partial charge < -0.3 is 10.4 Å². The van der Waals surface area contributed by atoms with Gasteiger partial charge in [0, 0.05) is 12.5 Å². The summed E-state index contributed by atoms with van der Waals surface area (Å²) < 4.78 is 0. The highest BCUT2D eigenvalue weighted by molar-refractivity contribution is 5.78. The molecule has 4 heteroatoms. The van der Waals surface area contributed by atoms with Crippen molar-refractivity contribution in [1.82, 2.24) is 5.32 Å². The van der Waals surface area contributed by atoms with Crippen molar-refractivity contribution in [2.24, 2.45) is 5.92 Å². The topological polar surface area (TPSA) is 66.4 Å². The van der Waals surface area contributed by atoms with E-state index in [0.29, 0.717) is 19.3 Å². The van der Waals surface area contributed by atoms with E-state index in [9.17, 15) is 14.7 Å². The SMILES string of the molecule is Cc1ccc(CCC(=O)N[C@H]2CCCCC[C@H]2C(=O)O)cc1. The number of carbonyl (C=O) groups is 2. The molecule has 0 spiro atoms. The van der Waals surface area contributed by atoms with Gasteiger partial charge in [0.15, 0.2) is 0 Å². The molecule has 1 aliphatic rings. The molecule has 1 aromatic carbocycles. The molecule has 0 saturated heterocycles. The predicted octanol–water partition coefficient (Wildman–Crippen LogP) is 3.08. The molecule has 1 aromatic rings. The largest absolute Gasteiger partial charge is 0.481 e. The van der Waals surface area contributed by atoms with Gasteiger partial charge in [0.2, 0.25) is 5.91 Å². The fraction of sp³-hybridized carbons (Fsp3) is 0.556. The highest BCUT2D eigenvalue weighted by Crippen LogP contribution is 2.24. The first-order valence-electron chi connectivity index (χ1n) is 8.14. The zero-order valence-electron chi connectivity index (χ0n) is 13.2. The molecule has 1 aliphatic carbocycles. The van der Waals surface area contributed by atoms with Gasteiger partial charge in [-0.15, -0.1) is 0 Å². The zero-order chi connectivity index (χ0) is 15.9. The van der Waals surface area contributed by atoms with Gasteiger partial charge in [-0.25, -0.2) is 0 Å². The minimum Gasteiger partial charge on any atom is -0.481 e. The summed E-state index contributed by atoms with van der Waals surface area (Å²) in [4.78, 5) is 23.5.